The highest BCUT2D eigenvalue weighted by molar-refractivity contribution is 7.92. The summed E-state index contributed by atoms with van der Waals surface area (Å²) < 4.78 is 54.7. The first kappa shape index (κ1) is 33.4. The van der Waals surface area contributed by atoms with Crippen molar-refractivity contribution in [3.63, 3.8) is 0 Å². The molecule has 1 N–H and O–H groups in total. The van der Waals surface area contributed by atoms with Crippen LogP contribution in [0.3, 0.4) is 0 Å². The van der Waals surface area contributed by atoms with E-state index in [1.807, 2.05) is 26.8 Å². The number of hydrogen-bond donors (Lipinski definition) is 1. The number of halogens is 1. The van der Waals surface area contributed by atoms with Gasteiger partial charge in [-0.1, -0.05) is 37.6 Å². The van der Waals surface area contributed by atoms with Gasteiger partial charge in [-0.05, 0) is 68.7 Å². The summed E-state index contributed by atoms with van der Waals surface area (Å²) >= 11 is 0. The molecule has 3 aromatic rings. The van der Waals surface area contributed by atoms with Crippen molar-refractivity contribution in [2.45, 2.75) is 58.0 Å². The molecule has 9 nitrogen and oxygen atoms in total. The number of hydrogen-bond acceptors (Lipinski definition) is 6. The summed E-state index contributed by atoms with van der Waals surface area (Å²) in [6.07, 6.45) is 1.62. The molecule has 0 fully saturated rings. The molecule has 0 aliphatic rings. The highest BCUT2D eigenvalue weighted by Gasteiger charge is 2.33. The Bertz CT molecular complexity index is 1530. The van der Waals surface area contributed by atoms with Crippen molar-refractivity contribution in [2.75, 3.05) is 31.6 Å². The fraction of sp³-hybridized carbons (Fsp3) is 0.375. The zero-order valence-electron chi connectivity index (χ0n) is 25.5. The molecule has 0 aromatic heterocycles. The quantitative estimate of drug-likeness (QED) is 0.257. The second kappa shape index (κ2) is 14.9. The number of nitrogens with one attached hydrogen (secondary N) is 1. The normalized spacial score (nSPS) is 11.9. The second-order valence-electron chi connectivity index (χ2n) is 10.3. The molecule has 0 aliphatic heterocycles. The molecule has 0 aliphatic carbocycles. The predicted molar refractivity (Wildman–Crippen MR) is 164 cm³/mol. The van der Waals surface area contributed by atoms with Gasteiger partial charge in [0.2, 0.25) is 11.8 Å². The zero-order chi connectivity index (χ0) is 31.7. The van der Waals surface area contributed by atoms with Gasteiger partial charge in [0.15, 0.2) is 11.5 Å². The Hall–Kier alpha value is -4.12. The SMILES string of the molecule is CCCCNC(=O)[C@@H](C)N(Cc1ccccc1F)C(=O)CN(c1cc(C)cc(C)c1)S(=O)(=O)c1ccc(OC)c(OC)c1. The van der Waals surface area contributed by atoms with Crippen molar-refractivity contribution < 1.29 is 31.9 Å². The van der Waals surface area contributed by atoms with E-state index in [4.69, 9.17) is 9.47 Å². The van der Waals surface area contributed by atoms with E-state index in [0.717, 1.165) is 28.3 Å². The molecular weight excluding hydrogens is 573 g/mol. The van der Waals surface area contributed by atoms with Crippen LogP contribution in [0.15, 0.2) is 65.6 Å². The van der Waals surface area contributed by atoms with Crippen LogP contribution in [0.5, 0.6) is 11.5 Å². The van der Waals surface area contributed by atoms with Crippen molar-refractivity contribution in [3.05, 3.63) is 83.2 Å². The van der Waals surface area contributed by atoms with Crippen LogP contribution in [0.1, 0.15) is 43.4 Å². The van der Waals surface area contributed by atoms with Gasteiger partial charge in [0.1, 0.15) is 18.4 Å². The van der Waals surface area contributed by atoms with Crippen molar-refractivity contribution in [1.82, 2.24) is 10.2 Å². The first-order valence-electron chi connectivity index (χ1n) is 14.1. The molecule has 0 spiro atoms. The van der Waals surface area contributed by atoms with Crippen LogP contribution in [0.2, 0.25) is 0 Å². The van der Waals surface area contributed by atoms with Gasteiger partial charge in [-0.2, -0.15) is 0 Å². The number of benzene rings is 3. The Labute approximate surface area is 253 Å². The molecule has 0 radical (unpaired) electrons. The van der Waals surface area contributed by atoms with E-state index in [0.29, 0.717) is 12.3 Å². The molecule has 0 bridgehead atoms. The number of carbonyl (C=O) groups excluding carboxylic acids is 2. The van der Waals surface area contributed by atoms with Crippen LogP contribution >= 0.6 is 0 Å². The van der Waals surface area contributed by atoms with E-state index in [1.165, 1.54) is 55.5 Å². The highest BCUT2D eigenvalue weighted by Crippen LogP contribution is 2.33. The standard InChI is InChI=1S/C32H40FN3O6S/c1-7-8-15-34-32(38)24(4)35(20-25-11-9-10-12-28(25)33)31(37)21-36(26-17-22(2)16-23(3)18-26)43(39,40)27-13-14-29(41-5)30(19-27)42-6/h9-14,16-19,24H,7-8,15,20-21H2,1-6H3,(H,34,38)/t24-/m1/s1. The largest absolute Gasteiger partial charge is 0.493 e. The number of nitrogens with zero attached hydrogens (tertiary/aromatic N) is 2. The minimum Gasteiger partial charge on any atom is -0.493 e. The van der Waals surface area contributed by atoms with Gasteiger partial charge < -0.3 is 19.7 Å². The average molecular weight is 614 g/mol. The number of anilines is 1. The number of ether oxygens (including phenoxy) is 2. The molecule has 2 amide bonds. The summed E-state index contributed by atoms with van der Waals surface area (Å²) in [6, 6.07) is 14.4. The number of aryl methyl sites for hydroxylation is 2. The predicted octanol–water partition coefficient (Wildman–Crippen LogP) is 4.99. The fourth-order valence-corrected chi connectivity index (χ4v) is 6.07. The molecule has 0 heterocycles. The summed E-state index contributed by atoms with van der Waals surface area (Å²) in [4.78, 5) is 28.2. The first-order valence-corrected chi connectivity index (χ1v) is 15.5. The third kappa shape index (κ3) is 8.25. The molecule has 0 saturated carbocycles. The molecule has 232 valence electrons. The summed E-state index contributed by atoms with van der Waals surface area (Å²) in [7, 11) is -1.51. The lowest BCUT2D eigenvalue weighted by Crippen LogP contribution is -2.51. The molecule has 11 heteroatoms. The first-order chi connectivity index (χ1) is 20.4. The third-order valence-electron chi connectivity index (χ3n) is 7.01. The maximum absolute atomic E-state index is 14.7. The van der Waals surface area contributed by atoms with Gasteiger partial charge in [0, 0.05) is 24.7 Å². The van der Waals surface area contributed by atoms with Crippen LogP contribution in [0, 0.1) is 19.7 Å². The maximum Gasteiger partial charge on any atom is 0.264 e. The lowest BCUT2D eigenvalue weighted by Gasteiger charge is -2.32. The minimum atomic E-state index is -4.34. The Kier molecular flexibility index (Phi) is 11.5. The summed E-state index contributed by atoms with van der Waals surface area (Å²) in [6.45, 7) is 6.74. The van der Waals surface area contributed by atoms with Crippen LogP contribution in [-0.4, -0.2) is 58.5 Å². The molecule has 0 saturated heterocycles. The van der Waals surface area contributed by atoms with E-state index in [-0.39, 0.29) is 28.4 Å². The van der Waals surface area contributed by atoms with Crippen molar-refractivity contribution in [3.8, 4) is 11.5 Å². The Morgan fingerprint density at radius 2 is 1.60 bits per heavy atom. The van der Waals surface area contributed by atoms with Crippen LogP contribution in [-0.2, 0) is 26.2 Å². The zero-order valence-corrected chi connectivity index (χ0v) is 26.3. The van der Waals surface area contributed by atoms with Crippen molar-refractivity contribution in [2.24, 2.45) is 0 Å². The highest BCUT2D eigenvalue weighted by atomic mass is 32.2. The number of amides is 2. The van der Waals surface area contributed by atoms with Gasteiger partial charge in [0.25, 0.3) is 10.0 Å². The fourth-order valence-electron chi connectivity index (χ4n) is 4.66. The Morgan fingerprint density at radius 3 is 2.21 bits per heavy atom. The lowest BCUT2D eigenvalue weighted by molar-refractivity contribution is -0.139. The van der Waals surface area contributed by atoms with Crippen LogP contribution < -0.4 is 19.1 Å². The maximum atomic E-state index is 14.7. The van der Waals surface area contributed by atoms with E-state index in [2.05, 4.69) is 5.32 Å². The molecule has 1 atom stereocenters. The Balaban J connectivity index is 2.09. The van der Waals surface area contributed by atoms with E-state index in [1.54, 1.807) is 25.1 Å². The third-order valence-corrected chi connectivity index (χ3v) is 8.78. The average Bonchev–Trinajstić information content (AvgIpc) is 2.98. The van der Waals surface area contributed by atoms with Gasteiger partial charge in [-0.15, -0.1) is 0 Å². The van der Waals surface area contributed by atoms with Gasteiger partial charge >= 0.3 is 0 Å². The topological polar surface area (TPSA) is 105 Å². The van der Waals surface area contributed by atoms with Gasteiger partial charge in [-0.25, -0.2) is 12.8 Å². The monoisotopic (exact) mass is 613 g/mol. The lowest BCUT2D eigenvalue weighted by atomic mass is 10.1. The van der Waals surface area contributed by atoms with Gasteiger partial charge in [0.05, 0.1) is 24.8 Å². The van der Waals surface area contributed by atoms with E-state index < -0.39 is 40.2 Å². The molecular formula is C32H40FN3O6S. The van der Waals surface area contributed by atoms with Crippen molar-refractivity contribution in [1.29, 1.82) is 0 Å². The van der Waals surface area contributed by atoms with Gasteiger partial charge in [-0.3, -0.25) is 13.9 Å². The minimum absolute atomic E-state index is 0.122. The van der Waals surface area contributed by atoms with E-state index >= 15 is 0 Å². The summed E-state index contributed by atoms with van der Waals surface area (Å²) in [5.74, 6) is -1.09. The van der Waals surface area contributed by atoms with Crippen LogP contribution in [0.4, 0.5) is 10.1 Å². The summed E-state index contributed by atoms with van der Waals surface area (Å²) in [5, 5.41) is 2.81. The molecule has 3 aromatic carbocycles. The second-order valence-corrected chi connectivity index (χ2v) is 12.2. The number of methoxy groups -OCH3 is 2. The number of carbonyl (C=O) groups is 2. The van der Waals surface area contributed by atoms with Crippen LogP contribution in [0.25, 0.3) is 0 Å². The molecule has 43 heavy (non-hydrogen) atoms. The number of unbranched alkanes of at least 4 members (excludes halogenated alkanes) is 1. The number of sulfonamides is 1. The van der Waals surface area contributed by atoms with E-state index in [9.17, 15) is 22.4 Å². The number of rotatable bonds is 14. The van der Waals surface area contributed by atoms with Crippen molar-refractivity contribution >= 4 is 27.5 Å². The smallest absolute Gasteiger partial charge is 0.264 e. The molecule has 0 unspecified atom stereocenters. The Morgan fingerprint density at radius 1 is 0.953 bits per heavy atom. The molecule has 3 rings (SSSR count). The summed E-state index contributed by atoms with van der Waals surface area (Å²) in [5.41, 5.74) is 2.06.